The number of esters is 1. The van der Waals surface area contributed by atoms with Crippen molar-refractivity contribution in [3.8, 4) is 0 Å². The molecule has 1 heterocycles. The van der Waals surface area contributed by atoms with Crippen molar-refractivity contribution < 1.29 is 14.3 Å². The first-order valence-corrected chi connectivity index (χ1v) is 11.9. The molecule has 4 saturated carbocycles. The maximum absolute atomic E-state index is 12.3. The highest BCUT2D eigenvalue weighted by Gasteiger charge is 2.80. The zero-order valence-electron chi connectivity index (χ0n) is 17.6. The fraction of sp³-hybridized carbons (Fsp3) is 0.840. The summed E-state index contributed by atoms with van der Waals surface area (Å²) in [4.78, 5) is 24.4. The van der Waals surface area contributed by atoms with Crippen LogP contribution in [0.15, 0.2) is 11.6 Å². The van der Waals surface area contributed by atoms with Crippen LogP contribution >= 0.6 is 0 Å². The maximum Gasteiger partial charge on any atom is 0.306 e. The summed E-state index contributed by atoms with van der Waals surface area (Å²) in [5, 5.41) is 0. The van der Waals surface area contributed by atoms with Crippen LogP contribution in [0.5, 0.6) is 0 Å². The van der Waals surface area contributed by atoms with E-state index in [9.17, 15) is 9.59 Å². The van der Waals surface area contributed by atoms with Crippen molar-refractivity contribution in [1.82, 2.24) is 0 Å². The Balaban J connectivity index is 1.44. The molecule has 0 amide bonds. The number of fused-ring (bicyclic) bond motifs is 9. The van der Waals surface area contributed by atoms with Crippen molar-refractivity contribution in [1.29, 1.82) is 0 Å². The lowest BCUT2D eigenvalue weighted by atomic mass is 9.44. The number of hydrogen-bond acceptors (Lipinski definition) is 3. The molecule has 3 nitrogen and oxygen atoms in total. The summed E-state index contributed by atoms with van der Waals surface area (Å²) in [6, 6.07) is 0. The van der Waals surface area contributed by atoms with Gasteiger partial charge in [0.25, 0.3) is 0 Å². The van der Waals surface area contributed by atoms with E-state index in [4.69, 9.17) is 4.74 Å². The van der Waals surface area contributed by atoms with E-state index < -0.39 is 0 Å². The van der Waals surface area contributed by atoms with E-state index in [1.165, 1.54) is 24.8 Å². The van der Waals surface area contributed by atoms with Gasteiger partial charge in [0.2, 0.25) is 0 Å². The average molecular weight is 383 g/mol. The number of carbonyl (C=O) groups excluding carboxylic acids is 2. The van der Waals surface area contributed by atoms with Crippen LogP contribution in [0.25, 0.3) is 0 Å². The molecule has 1 saturated heterocycles. The van der Waals surface area contributed by atoms with Crippen molar-refractivity contribution in [3.63, 3.8) is 0 Å². The lowest BCUT2D eigenvalue weighted by Gasteiger charge is -2.61. The number of allylic oxidation sites excluding steroid dienone is 1. The second-order valence-electron chi connectivity index (χ2n) is 11.1. The summed E-state index contributed by atoms with van der Waals surface area (Å²) < 4.78 is 6.29. The topological polar surface area (TPSA) is 43.4 Å². The predicted octanol–water partition coefficient (Wildman–Crippen LogP) is 4.94. The zero-order valence-corrected chi connectivity index (χ0v) is 17.6. The molecule has 0 aromatic rings. The summed E-state index contributed by atoms with van der Waals surface area (Å²) in [5.41, 5.74) is 1.55. The number of ether oxygens (including phenoxy) is 1. The molecule has 10 atom stereocenters. The molecule has 7 unspecified atom stereocenters. The smallest absolute Gasteiger partial charge is 0.306 e. The molecule has 152 valence electrons. The highest BCUT2D eigenvalue weighted by Crippen LogP contribution is 2.80. The highest BCUT2D eigenvalue weighted by atomic mass is 16.6. The van der Waals surface area contributed by atoms with Crippen molar-refractivity contribution in [3.05, 3.63) is 11.6 Å². The monoisotopic (exact) mass is 382 g/mol. The second kappa shape index (κ2) is 5.52. The van der Waals surface area contributed by atoms with Gasteiger partial charge in [0.15, 0.2) is 5.78 Å². The first-order valence-electron chi connectivity index (χ1n) is 11.9. The molecule has 6 rings (SSSR count). The third-order valence-electron chi connectivity index (χ3n) is 10.7. The van der Waals surface area contributed by atoms with Gasteiger partial charge in [0.05, 0.1) is 0 Å². The molecular weight excluding hydrogens is 348 g/mol. The van der Waals surface area contributed by atoms with Gasteiger partial charge in [0, 0.05) is 24.2 Å². The largest absolute Gasteiger partial charge is 0.458 e. The molecule has 1 spiro atoms. The van der Waals surface area contributed by atoms with Gasteiger partial charge in [-0.3, -0.25) is 9.59 Å². The quantitative estimate of drug-likeness (QED) is 0.603. The lowest BCUT2D eigenvalue weighted by Crippen LogP contribution is -2.58. The molecule has 5 aliphatic carbocycles. The van der Waals surface area contributed by atoms with Crippen LogP contribution in [0.4, 0.5) is 0 Å². The Bertz CT molecular complexity index is 783. The Kier molecular flexibility index (Phi) is 3.49. The molecular formula is C25H34O3. The van der Waals surface area contributed by atoms with Gasteiger partial charge in [0.1, 0.15) is 5.60 Å². The number of ketones is 1. The van der Waals surface area contributed by atoms with E-state index in [1.54, 1.807) is 0 Å². The van der Waals surface area contributed by atoms with Crippen LogP contribution in [0.2, 0.25) is 0 Å². The Hall–Kier alpha value is -1.12. The minimum absolute atomic E-state index is 0.0577. The number of carbonyl (C=O) groups is 2. The van der Waals surface area contributed by atoms with E-state index in [-0.39, 0.29) is 17.0 Å². The first-order chi connectivity index (χ1) is 13.4. The minimum Gasteiger partial charge on any atom is -0.458 e. The second-order valence-corrected chi connectivity index (χ2v) is 11.1. The highest BCUT2D eigenvalue weighted by molar-refractivity contribution is 5.91. The van der Waals surface area contributed by atoms with Crippen molar-refractivity contribution in [2.24, 2.45) is 52.8 Å². The normalized spacial score (nSPS) is 56.5. The summed E-state index contributed by atoms with van der Waals surface area (Å²) >= 11 is 0. The van der Waals surface area contributed by atoms with Gasteiger partial charge >= 0.3 is 5.97 Å². The first kappa shape index (κ1) is 17.7. The SMILES string of the molecule is CC[C@]12CCC3C(C(C)C(C)C4=CC(=O)CC[C@@H]43)C1C1CC1[C@@]21CCC(=O)O1. The maximum atomic E-state index is 12.3. The van der Waals surface area contributed by atoms with E-state index >= 15 is 0 Å². The van der Waals surface area contributed by atoms with Crippen molar-refractivity contribution >= 4 is 11.8 Å². The summed E-state index contributed by atoms with van der Waals surface area (Å²) in [7, 11) is 0. The van der Waals surface area contributed by atoms with Gasteiger partial charge in [-0.1, -0.05) is 26.3 Å². The molecule has 3 heteroatoms. The fourth-order valence-corrected chi connectivity index (χ4v) is 9.62. The van der Waals surface area contributed by atoms with Gasteiger partial charge in [-0.05, 0) is 86.0 Å². The summed E-state index contributed by atoms with van der Waals surface area (Å²) in [6.07, 6.45) is 10.4. The molecule has 0 bridgehead atoms. The Morgan fingerprint density at radius 1 is 1.11 bits per heavy atom. The molecule has 0 radical (unpaired) electrons. The van der Waals surface area contributed by atoms with Crippen LogP contribution < -0.4 is 0 Å². The minimum atomic E-state index is -0.138. The zero-order chi connectivity index (χ0) is 19.4. The molecule has 5 fully saturated rings. The van der Waals surface area contributed by atoms with Crippen LogP contribution in [-0.2, 0) is 14.3 Å². The number of hydrogen-bond donors (Lipinski definition) is 0. The lowest BCUT2D eigenvalue weighted by molar-refractivity contribution is -0.183. The van der Waals surface area contributed by atoms with Crippen LogP contribution in [-0.4, -0.2) is 17.4 Å². The van der Waals surface area contributed by atoms with Crippen molar-refractivity contribution in [2.45, 2.75) is 77.7 Å². The third kappa shape index (κ3) is 1.88. The van der Waals surface area contributed by atoms with Gasteiger partial charge < -0.3 is 4.74 Å². The molecule has 28 heavy (non-hydrogen) atoms. The molecule has 0 aromatic heterocycles. The van der Waals surface area contributed by atoms with Crippen LogP contribution in [0.1, 0.15) is 72.1 Å². The van der Waals surface area contributed by atoms with Gasteiger partial charge in [-0.15, -0.1) is 0 Å². The third-order valence-corrected chi connectivity index (χ3v) is 10.7. The van der Waals surface area contributed by atoms with Gasteiger partial charge in [-0.25, -0.2) is 0 Å². The summed E-state index contributed by atoms with van der Waals surface area (Å²) in [6.45, 7) is 7.21. The molecule has 0 N–H and O–H groups in total. The Labute approximate surface area is 168 Å². The Morgan fingerprint density at radius 2 is 1.93 bits per heavy atom. The van der Waals surface area contributed by atoms with E-state index in [2.05, 4.69) is 20.8 Å². The standard InChI is InChI=1S/C25H34O3/c1-4-24-9-7-17-16-6-5-15(26)11-18(16)13(2)14(3)22(17)23(24)19-12-20(19)25(24)10-8-21(27)28-25/h11,13-14,16-17,19-20,22-23H,4-10,12H2,1-3H3/t13?,14?,16-,17?,19?,20?,22?,23?,24+,25+/m1/s1. The predicted molar refractivity (Wildman–Crippen MR) is 106 cm³/mol. The van der Waals surface area contributed by atoms with E-state index in [1.807, 2.05) is 6.08 Å². The van der Waals surface area contributed by atoms with Gasteiger partial charge in [-0.2, -0.15) is 0 Å². The van der Waals surface area contributed by atoms with E-state index in [0.29, 0.717) is 35.9 Å². The van der Waals surface area contributed by atoms with Crippen LogP contribution in [0, 0.1) is 52.8 Å². The summed E-state index contributed by atoms with van der Waals surface area (Å²) in [5.74, 6) is 5.80. The average Bonchev–Trinajstić information content (AvgIpc) is 3.34. The van der Waals surface area contributed by atoms with Crippen LogP contribution in [0.3, 0.4) is 0 Å². The number of rotatable bonds is 1. The molecule has 6 aliphatic rings. The Morgan fingerprint density at radius 3 is 2.64 bits per heavy atom. The molecule has 0 aromatic carbocycles. The van der Waals surface area contributed by atoms with Crippen molar-refractivity contribution in [2.75, 3.05) is 0 Å². The molecule has 1 aliphatic heterocycles. The fourth-order valence-electron chi connectivity index (χ4n) is 9.62. The van der Waals surface area contributed by atoms with E-state index in [0.717, 1.165) is 49.4 Å².